The lowest BCUT2D eigenvalue weighted by Gasteiger charge is -2.12. The van der Waals surface area contributed by atoms with Gasteiger partial charge in [0, 0.05) is 24.1 Å². The molecule has 2 heterocycles. The maximum absolute atomic E-state index is 12.0. The number of nitrogens with one attached hydrogen (secondary N) is 1. The number of carboxylic acids is 1. The van der Waals surface area contributed by atoms with E-state index >= 15 is 0 Å². The van der Waals surface area contributed by atoms with Crippen molar-refractivity contribution in [3.63, 3.8) is 0 Å². The molecule has 1 atom stereocenters. The number of amides is 1. The number of methoxy groups -OCH3 is 1. The molecule has 132 valence electrons. The van der Waals surface area contributed by atoms with Crippen molar-refractivity contribution in [3.8, 4) is 11.5 Å². The Morgan fingerprint density at radius 1 is 1.48 bits per heavy atom. The summed E-state index contributed by atoms with van der Waals surface area (Å²) >= 11 is 0. The zero-order valence-electron chi connectivity index (χ0n) is 13.9. The third-order valence-corrected chi connectivity index (χ3v) is 3.84. The highest BCUT2D eigenvalue weighted by atomic mass is 16.5. The number of hydrogen-bond acceptors (Lipinski definition) is 6. The van der Waals surface area contributed by atoms with Gasteiger partial charge in [-0.05, 0) is 19.1 Å². The molecule has 0 bridgehead atoms. The molecule has 9 nitrogen and oxygen atoms in total. The molecule has 3 rings (SSSR count). The van der Waals surface area contributed by atoms with Crippen molar-refractivity contribution in [3.05, 3.63) is 35.2 Å². The molecule has 2 aromatic rings. The summed E-state index contributed by atoms with van der Waals surface area (Å²) in [4.78, 5) is 22.8. The van der Waals surface area contributed by atoms with Crippen LogP contribution in [-0.4, -0.2) is 45.2 Å². The van der Waals surface area contributed by atoms with Gasteiger partial charge in [0.1, 0.15) is 24.1 Å². The molecular formula is C16H18N4O5. The van der Waals surface area contributed by atoms with Crippen LogP contribution in [0.25, 0.3) is 0 Å². The SMILES string of the molecule is COc1cc2c(cc1CNC(=O)Cn1cc(C(=O)O)nn1)OC(C)C2. The average Bonchev–Trinajstić information content (AvgIpc) is 3.17. The van der Waals surface area contributed by atoms with Crippen LogP contribution in [0.5, 0.6) is 11.5 Å². The first-order valence-electron chi connectivity index (χ1n) is 7.73. The van der Waals surface area contributed by atoms with Crippen LogP contribution in [0.15, 0.2) is 18.3 Å². The number of aromatic nitrogens is 3. The van der Waals surface area contributed by atoms with Crippen molar-refractivity contribution in [2.24, 2.45) is 0 Å². The Hall–Kier alpha value is -3.10. The molecule has 0 fully saturated rings. The Kier molecular flexibility index (Phi) is 4.55. The molecule has 1 aromatic heterocycles. The fourth-order valence-electron chi connectivity index (χ4n) is 2.68. The smallest absolute Gasteiger partial charge is 0.358 e. The van der Waals surface area contributed by atoms with Crippen LogP contribution in [0.2, 0.25) is 0 Å². The van der Waals surface area contributed by atoms with Crippen molar-refractivity contribution in [1.82, 2.24) is 20.3 Å². The topological polar surface area (TPSA) is 116 Å². The number of nitrogens with zero attached hydrogens (tertiary/aromatic N) is 3. The number of carbonyl (C=O) groups is 2. The highest BCUT2D eigenvalue weighted by Gasteiger charge is 2.22. The highest BCUT2D eigenvalue weighted by Crippen LogP contribution is 2.34. The summed E-state index contributed by atoms with van der Waals surface area (Å²) in [6.45, 7) is 2.13. The lowest BCUT2D eigenvalue weighted by atomic mass is 10.1. The molecule has 2 N–H and O–H groups in total. The fraction of sp³-hybridized carbons (Fsp3) is 0.375. The first-order valence-corrected chi connectivity index (χ1v) is 7.73. The van der Waals surface area contributed by atoms with Gasteiger partial charge in [-0.1, -0.05) is 5.21 Å². The van der Waals surface area contributed by atoms with Gasteiger partial charge in [0.05, 0.1) is 13.3 Å². The lowest BCUT2D eigenvalue weighted by Crippen LogP contribution is -2.27. The number of rotatable bonds is 6. The van der Waals surface area contributed by atoms with Crippen LogP contribution in [0.4, 0.5) is 0 Å². The molecule has 1 amide bonds. The van der Waals surface area contributed by atoms with Crippen LogP contribution in [0.1, 0.15) is 28.5 Å². The maximum Gasteiger partial charge on any atom is 0.358 e. The number of benzene rings is 1. The number of hydrogen-bond donors (Lipinski definition) is 2. The molecule has 0 radical (unpaired) electrons. The zero-order chi connectivity index (χ0) is 18.0. The van der Waals surface area contributed by atoms with Gasteiger partial charge in [-0.2, -0.15) is 0 Å². The molecule has 1 aliphatic rings. The second kappa shape index (κ2) is 6.80. The summed E-state index contributed by atoms with van der Waals surface area (Å²) in [5.41, 5.74) is 1.68. The van der Waals surface area contributed by atoms with E-state index in [0.717, 1.165) is 23.3 Å². The number of aromatic carboxylic acids is 1. The molecular weight excluding hydrogens is 328 g/mol. The fourth-order valence-corrected chi connectivity index (χ4v) is 2.68. The van der Waals surface area contributed by atoms with Gasteiger partial charge in [-0.25, -0.2) is 9.48 Å². The predicted molar refractivity (Wildman–Crippen MR) is 85.6 cm³/mol. The van der Waals surface area contributed by atoms with E-state index in [0.29, 0.717) is 5.75 Å². The van der Waals surface area contributed by atoms with Crippen LogP contribution in [-0.2, 0) is 24.3 Å². The minimum Gasteiger partial charge on any atom is -0.496 e. The van der Waals surface area contributed by atoms with E-state index in [2.05, 4.69) is 15.6 Å². The summed E-state index contributed by atoms with van der Waals surface area (Å²) in [6, 6.07) is 3.80. The molecule has 9 heteroatoms. The monoisotopic (exact) mass is 346 g/mol. The number of ether oxygens (including phenoxy) is 2. The van der Waals surface area contributed by atoms with Crippen LogP contribution < -0.4 is 14.8 Å². The molecule has 25 heavy (non-hydrogen) atoms. The summed E-state index contributed by atoms with van der Waals surface area (Å²) < 4.78 is 12.3. The van der Waals surface area contributed by atoms with Gasteiger partial charge in [0.2, 0.25) is 5.91 Å². The first kappa shape index (κ1) is 16.7. The van der Waals surface area contributed by atoms with Gasteiger partial charge < -0.3 is 19.9 Å². The third kappa shape index (κ3) is 3.70. The summed E-state index contributed by atoms with van der Waals surface area (Å²) in [6.07, 6.45) is 2.16. The lowest BCUT2D eigenvalue weighted by molar-refractivity contribution is -0.122. The minimum absolute atomic E-state index is 0.124. The second-order valence-corrected chi connectivity index (χ2v) is 5.79. The quantitative estimate of drug-likeness (QED) is 0.788. The Labute approximate surface area is 143 Å². The largest absolute Gasteiger partial charge is 0.496 e. The van der Waals surface area contributed by atoms with Gasteiger partial charge in [0.15, 0.2) is 5.69 Å². The highest BCUT2D eigenvalue weighted by molar-refractivity contribution is 5.84. The van der Waals surface area contributed by atoms with Crippen LogP contribution >= 0.6 is 0 Å². The van der Waals surface area contributed by atoms with Crippen molar-refractivity contribution >= 4 is 11.9 Å². The van der Waals surface area contributed by atoms with Crippen molar-refractivity contribution in [2.45, 2.75) is 32.5 Å². The molecule has 1 aromatic carbocycles. The minimum atomic E-state index is -1.19. The van der Waals surface area contributed by atoms with E-state index in [1.54, 1.807) is 7.11 Å². The van der Waals surface area contributed by atoms with Gasteiger partial charge in [0.25, 0.3) is 0 Å². The van der Waals surface area contributed by atoms with Crippen molar-refractivity contribution in [2.75, 3.05) is 7.11 Å². The Balaban J connectivity index is 1.63. The van der Waals surface area contributed by atoms with Gasteiger partial charge in [-0.3, -0.25) is 4.79 Å². The second-order valence-electron chi connectivity index (χ2n) is 5.79. The molecule has 0 aliphatic carbocycles. The van der Waals surface area contributed by atoms with E-state index in [1.165, 1.54) is 10.9 Å². The molecule has 0 saturated heterocycles. The first-order chi connectivity index (χ1) is 12.0. The Morgan fingerprint density at radius 3 is 2.96 bits per heavy atom. The Bertz CT molecular complexity index is 817. The summed E-state index contributed by atoms with van der Waals surface area (Å²) in [7, 11) is 1.58. The molecule has 1 aliphatic heterocycles. The third-order valence-electron chi connectivity index (χ3n) is 3.84. The number of carboxylic acid groups (broad SMARTS) is 1. The maximum atomic E-state index is 12.0. The van der Waals surface area contributed by atoms with E-state index in [-0.39, 0.29) is 30.8 Å². The molecule has 0 saturated carbocycles. The number of carbonyl (C=O) groups excluding carboxylic acids is 1. The Morgan fingerprint density at radius 2 is 2.28 bits per heavy atom. The standard InChI is InChI=1S/C16H18N4O5/c1-9-3-10-4-13(24-2)11(5-14(10)25-9)6-17-15(21)8-20-7-12(16(22)23)18-19-20/h4-5,7,9H,3,6,8H2,1-2H3,(H,17,21)(H,22,23). The predicted octanol–water partition coefficient (Wildman–Crippen LogP) is 0.625. The number of fused-ring (bicyclic) bond motifs is 1. The van der Waals surface area contributed by atoms with Crippen LogP contribution in [0.3, 0.4) is 0 Å². The summed E-state index contributed by atoms with van der Waals surface area (Å²) in [5.74, 6) is -0.0203. The molecule has 1 unspecified atom stereocenters. The van der Waals surface area contributed by atoms with Crippen molar-refractivity contribution < 1.29 is 24.2 Å². The summed E-state index contributed by atoms with van der Waals surface area (Å²) in [5, 5.41) is 18.6. The molecule has 0 spiro atoms. The van der Waals surface area contributed by atoms with E-state index < -0.39 is 5.97 Å². The zero-order valence-corrected chi connectivity index (χ0v) is 13.9. The van der Waals surface area contributed by atoms with Gasteiger partial charge in [-0.15, -0.1) is 5.10 Å². The van der Waals surface area contributed by atoms with E-state index in [4.69, 9.17) is 14.6 Å². The van der Waals surface area contributed by atoms with Crippen molar-refractivity contribution in [1.29, 1.82) is 0 Å². The normalized spacial score (nSPS) is 15.4. The van der Waals surface area contributed by atoms with Gasteiger partial charge >= 0.3 is 5.97 Å². The average molecular weight is 346 g/mol. The van der Waals surface area contributed by atoms with E-state index in [9.17, 15) is 9.59 Å². The van der Waals surface area contributed by atoms with E-state index in [1.807, 2.05) is 19.1 Å². The van der Waals surface area contributed by atoms with Crippen LogP contribution in [0, 0.1) is 0 Å².